The zero-order valence-corrected chi connectivity index (χ0v) is 15.7. The Labute approximate surface area is 155 Å². The Bertz CT molecular complexity index is 686. The Hall–Kier alpha value is -1.15. The summed E-state index contributed by atoms with van der Waals surface area (Å²) in [7, 11) is 0. The quantitative estimate of drug-likeness (QED) is 0.733. The first-order valence-electron chi connectivity index (χ1n) is 7.93. The van der Waals surface area contributed by atoms with Crippen molar-refractivity contribution in [1.82, 2.24) is 15.1 Å². The maximum atomic E-state index is 12.7. The zero-order valence-electron chi connectivity index (χ0n) is 13.3. The van der Waals surface area contributed by atoms with Crippen molar-refractivity contribution in [2.24, 2.45) is 5.73 Å². The fourth-order valence-electron chi connectivity index (χ4n) is 2.86. The molecule has 6 nitrogen and oxygen atoms in total. The van der Waals surface area contributed by atoms with Gasteiger partial charge < -0.3 is 15.4 Å². The monoisotopic (exact) mass is 416 g/mol. The number of carbonyl (C=O) groups is 1. The number of piperidine rings is 1. The number of amides is 1. The number of nitrogens with zero attached hydrogens (tertiary/aromatic N) is 2. The van der Waals surface area contributed by atoms with E-state index in [1.807, 2.05) is 23.1 Å². The molecule has 1 aliphatic heterocycles. The maximum absolute atomic E-state index is 12.7. The highest BCUT2D eigenvalue weighted by molar-refractivity contribution is 9.10. The minimum Gasteiger partial charge on any atom is -0.378 e. The van der Waals surface area contributed by atoms with Crippen LogP contribution in [0.1, 0.15) is 29.8 Å². The van der Waals surface area contributed by atoms with Crippen molar-refractivity contribution < 1.29 is 9.53 Å². The van der Waals surface area contributed by atoms with E-state index in [1.165, 1.54) is 0 Å². The topological polar surface area (TPSA) is 84.2 Å². The number of hydrogen-bond acceptors (Lipinski definition) is 4. The molecule has 0 aliphatic carbocycles. The van der Waals surface area contributed by atoms with Gasteiger partial charge in [0, 0.05) is 29.6 Å². The van der Waals surface area contributed by atoms with E-state index in [4.69, 9.17) is 10.5 Å². The molecule has 132 valence electrons. The number of ether oxygens (including phenoxy) is 1. The van der Waals surface area contributed by atoms with Crippen LogP contribution in [0.2, 0.25) is 0 Å². The summed E-state index contributed by atoms with van der Waals surface area (Å²) in [5.41, 5.74) is 6.83. The highest BCUT2D eigenvalue weighted by atomic mass is 79.9. The number of H-pyrrole nitrogens is 1. The number of rotatable bonds is 5. The maximum Gasteiger partial charge on any atom is 0.274 e. The van der Waals surface area contributed by atoms with Crippen LogP contribution in [0.5, 0.6) is 0 Å². The number of fused-ring (bicyclic) bond motifs is 1. The molecule has 2 heterocycles. The number of hydrogen-bond donors (Lipinski definition) is 2. The molecule has 0 saturated carbocycles. The summed E-state index contributed by atoms with van der Waals surface area (Å²) >= 11 is 3.44. The fraction of sp³-hybridized carbons (Fsp3) is 0.500. The molecule has 0 bridgehead atoms. The van der Waals surface area contributed by atoms with Crippen LogP contribution in [0.15, 0.2) is 22.7 Å². The summed E-state index contributed by atoms with van der Waals surface area (Å²) in [4.78, 5) is 14.6. The molecule has 0 spiro atoms. The summed E-state index contributed by atoms with van der Waals surface area (Å²) in [6.45, 7) is 2.76. The molecule has 1 aromatic heterocycles. The second-order valence-corrected chi connectivity index (χ2v) is 6.68. The Balaban J connectivity index is 0.00000208. The molecule has 24 heavy (non-hydrogen) atoms. The van der Waals surface area contributed by atoms with Crippen molar-refractivity contribution >= 4 is 45.1 Å². The van der Waals surface area contributed by atoms with E-state index in [0.717, 1.165) is 34.6 Å². The molecule has 1 aromatic carbocycles. The summed E-state index contributed by atoms with van der Waals surface area (Å²) < 4.78 is 6.72. The van der Waals surface area contributed by atoms with E-state index >= 15 is 0 Å². The van der Waals surface area contributed by atoms with Crippen molar-refractivity contribution in [1.29, 1.82) is 0 Å². The van der Waals surface area contributed by atoms with Crippen LogP contribution >= 0.6 is 28.3 Å². The second-order valence-electron chi connectivity index (χ2n) is 5.77. The Kier molecular flexibility index (Phi) is 7.03. The number of likely N-dealkylation sites (tertiary alicyclic amines) is 1. The van der Waals surface area contributed by atoms with Gasteiger partial charge in [0.15, 0.2) is 5.69 Å². The van der Waals surface area contributed by atoms with Crippen molar-refractivity contribution in [3.8, 4) is 0 Å². The van der Waals surface area contributed by atoms with Crippen molar-refractivity contribution in [2.45, 2.75) is 25.4 Å². The third-order valence-electron chi connectivity index (χ3n) is 4.16. The van der Waals surface area contributed by atoms with Crippen LogP contribution in [0.25, 0.3) is 10.9 Å². The van der Waals surface area contributed by atoms with E-state index in [-0.39, 0.29) is 24.4 Å². The molecule has 0 atom stereocenters. The van der Waals surface area contributed by atoms with E-state index in [9.17, 15) is 4.79 Å². The van der Waals surface area contributed by atoms with Crippen molar-refractivity contribution in [3.63, 3.8) is 0 Å². The largest absolute Gasteiger partial charge is 0.378 e. The predicted molar refractivity (Wildman–Crippen MR) is 99.6 cm³/mol. The summed E-state index contributed by atoms with van der Waals surface area (Å²) in [6.07, 6.45) is 2.84. The SMILES string of the molecule is Cl.NCCCOC1CCN(C(=O)c2n[nH]c3ccc(Br)cc23)CC1. The standard InChI is InChI=1S/C16H21BrN4O2.ClH/c17-11-2-3-14-13(10-11)15(20-19-14)16(22)21-7-4-12(5-8-21)23-9-1-6-18;/h2-3,10,12H,1,4-9,18H2,(H,19,20);1H. The van der Waals surface area contributed by atoms with Crippen LogP contribution < -0.4 is 5.73 Å². The minimum atomic E-state index is -0.0187. The molecule has 1 saturated heterocycles. The Morgan fingerprint density at radius 1 is 1.42 bits per heavy atom. The lowest BCUT2D eigenvalue weighted by Gasteiger charge is -2.31. The molecule has 3 rings (SSSR count). The van der Waals surface area contributed by atoms with Crippen LogP contribution in [0, 0.1) is 0 Å². The molecule has 8 heteroatoms. The summed E-state index contributed by atoms with van der Waals surface area (Å²) in [6, 6.07) is 5.77. The number of aromatic nitrogens is 2. The van der Waals surface area contributed by atoms with Gasteiger partial charge in [-0.25, -0.2) is 0 Å². The minimum absolute atomic E-state index is 0. The van der Waals surface area contributed by atoms with E-state index in [1.54, 1.807) is 0 Å². The van der Waals surface area contributed by atoms with Gasteiger partial charge in [-0.3, -0.25) is 9.89 Å². The molecule has 0 radical (unpaired) electrons. The summed E-state index contributed by atoms with van der Waals surface area (Å²) in [5.74, 6) is -0.0187. The smallest absolute Gasteiger partial charge is 0.274 e. The molecular weight excluding hydrogens is 396 g/mol. The molecule has 1 aliphatic rings. The first-order valence-corrected chi connectivity index (χ1v) is 8.73. The van der Waals surface area contributed by atoms with Crippen LogP contribution in [-0.4, -0.2) is 53.3 Å². The molecule has 1 amide bonds. The fourth-order valence-corrected chi connectivity index (χ4v) is 3.22. The van der Waals surface area contributed by atoms with Gasteiger partial charge in [0.25, 0.3) is 5.91 Å². The number of benzene rings is 1. The number of carbonyl (C=O) groups excluding carboxylic acids is 1. The second kappa shape index (κ2) is 8.80. The van der Waals surface area contributed by atoms with Crippen LogP contribution in [0.3, 0.4) is 0 Å². The first kappa shape index (κ1) is 19.2. The van der Waals surface area contributed by atoms with Gasteiger partial charge in [-0.1, -0.05) is 15.9 Å². The van der Waals surface area contributed by atoms with Gasteiger partial charge in [-0.05, 0) is 44.0 Å². The lowest BCUT2D eigenvalue weighted by atomic mass is 10.1. The van der Waals surface area contributed by atoms with Gasteiger partial charge in [-0.2, -0.15) is 5.10 Å². The van der Waals surface area contributed by atoms with Gasteiger partial charge in [0.1, 0.15) is 0 Å². The van der Waals surface area contributed by atoms with Crippen LogP contribution in [-0.2, 0) is 4.74 Å². The third-order valence-corrected chi connectivity index (χ3v) is 4.65. The van der Waals surface area contributed by atoms with E-state index in [0.29, 0.717) is 31.9 Å². The van der Waals surface area contributed by atoms with Gasteiger partial charge in [0.2, 0.25) is 0 Å². The molecule has 0 unspecified atom stereocenters. The van der Waals surface area contributed by atoms with E-state index < -0.39 is 0 Å². The number of nitrogens with two attached hydrogens (primary N) is 1. The lowest BCUT2D eigenvalue weighted by Crippen LogP contribution is -2.41. The molecule has 2 aromatic rings. The third kappa shape index (κ3) is 4.27. The van der Waals surface area contributed by atoms with Gasteiger partial charge in [-0.15, -0.1) is 12.4 Å². The number of aromatic amines is 1. The van der Waals surface area contributed by atoms with Crippen molar-refractivity contribution in [3.05, 3.63) is 28.4 Å². The van der Waals surface area contributed by atoms with E-state index in [2.05, 4.69) is 26.1 Å². The van der Waals surface area contributed by atoms with Crippen molar-refractivity contribution in [2.75, 3.05) is 26.2 Å². The molecule has 3 N–H and O–H groups in total. The van der Waals surface area contributed by atoms with Gasteiger partial charge in [0.05, 0.1) is 11.6 Å². The number of nitrogens with one attached hydrogen (secondary N) is 1. The summed E-state index contributed by atoms with van der Waals surface area (Å²) in [5, 5.41) is 7.99. The molecular formula is C16H22BrClN4O2. The Morgan fingerprint density at radius 2 is 2.17 bits per heavy atom. The average Bonchev–Trinajstić information content (AvgIpc) is 2.98. The highest BCUT2D eigenvalue weighted by Crippen LogP contribution is 2.23. The normalized spacial score (nSPS) is 15.5. The van der Waals surface area contributed by atoms with Crippen LogP contribution in [0.4, 0.5) is 0 Å². The molecule has 1 fully saturated rings. The predicted octanol–water partition coefficient (Wildman–Crippen LogP) is 2.72. The van der Waals surface area contributed by atoms with Gasteiger partial charge >= 0.3 is 0 Å². The highest BCUT2D eigenvalue weighted by Gasteiger charge is 2.26. The average molecular weight is 418 g/mol. The zero-order chi connectivity index (χ0) is 16.2. The first-order chi connectivity index (χ1) is 11.2. The Morgan fingerprint density at radius 3 is 2.88 bits per heavy atom. The lowest BCUT2D eigenvalue weighted by molar-refractivity contribution is 0.00834. The number of halogens is 2.